The van der Waals surface area contributed by atoms with E-state index in [4.69, 9.17) is 45.5 Å². The van der Waals surface area contributed by atoms with Crippen LogP contribution in [0.4, 0.5) is 0 Å². The molecule has 0 aromatic carbocycles. The van der Waals surface area contributed by atoms with Gasteiger partial charge in [-0.1, -0.05) is 47.6 Å². The highest BCUT2D eigenvalue weighted by Crippen LogP contribution is 2.85. The van der Waals surface area contributed by atoms with Crippen molar-refractivity contribution >= 4 is 43.4 Å². The molecule has 198 valence electrons. The maximum absolute atomic E-state index is 7.14. The lowest BCUT2D eigenvalue weighted by Gasteiger charge is -2.47. The molecule has 0 aromatic heterocycles. The molecule has 36 heavy (non-hydrogen) atoms. The first-order valence-electron chi connectivity index (χ1n) is 12.7. The molecule has 6 rings (SSSR count). The molecular formula is C22H34Cl2N7O2P3. The Morgan fingerprint density at radius 1 is 0.667 bits per heavy atom. The van der Waals surface area contributed by atoms with Crippen LogP contribution in [-0.2, 0) is 9.47 Å². The SMILES string of the molecule is ClP1(Cl)=NP(N2CCOCC2)(N2CCOCC2)=NP2(=N1)N(CC1=CC=CC1)CCN2CC1=CC=CC1. The molecule has 0 saturated carbocycles. The third-order valence-electron chi connectivity index (χ3n) is 7.27. The number of rotatable bonds is 6. The quantitative estimate of drug-likeness (QED) is 0.334. The molecule has 6 aliphatic rings. The van der Waals surface area contributed by atoms with E-state index in [2.05, 4.69) is 55.1 Å². The van der Waals surface area contributed by atoms with E-state index in [0.29, 0.717) is 26.4 Å². The normalized spacial score (nSPS) is 30.2. The maximum atomic E-state index is 7.14. The lowest BCUT2D eigenvalue weighted by atomic mass is 10.2. The lowest BCUT2D eigenvalue weighted by molar-refractivity contribution is 0.0569. The molecule has 1 spiro atoms. The van der Waals surface area contributed by atoms with E-state index >= 15 is 0 Å². The number of allylic oxidation sites excluding steroid dienone is 6. The van der Waals surface area contributed by atoms with E-state index < -0.39 is 20.9 Å². The van der Waals surface area contributed by atoms with E-state index in [-0.39, 0.29) is 0 Å². The molecule has 0 unspecified atom stereocenters. The van der Waals surface area contributed by atoms with Crippen molar-refractivity contribution in [2.75, 3.05) is 78.8 Å². The van der Waals surface area contributed by atoms with E-state index in [9.17, 15) is 0 Å². The zero-order chi connectivity index (χ0) is 24.6. The average molecular weight is 592 g/mol. The molecule has 3 saturated heterocycles. The third kappa shape index (κ3) is 5.12. The van der Waals surface area contributed by atoms with E-state index in [0.717, 1.165) is 65.2 Å². The first-order valence-corrected chi connectivity index (χ1v) is 19.4. The van der Waals surface area contributed by atoms with Crippen LogP contribution in [0.1, 0.15) is 12.8 Å². The first kappa shape index (κ1) is 26.2. The van der Waals surface area contributed by atoms with Gasteiger partial charge in [-0.15, -0.1) is 0 Å². The molecule has 2 aliphatic carbocycles. The highest BCUT2D eigenvalue weighted by atomic mass is 35.9. The van der Waals surface area contributed by atoms with Gasteiger partial charge in [0.25, 0.3) is 5.91 Å². The van der Waals surface area contributed by atoms with Crippen LogP contribution in [0.25, 0.3) is 0 Å². The Hall–Kier alpha value is -0.0100. The van der Waals surface area contributed by atoms with Gasteiger partial charge in [-0.3, -0.25) is 0 Å². The molecule has 0 N–H and O–H groups in total. The lowest BCUT2D eigenvalue weighted by Crippen LogP contribution is -2.43. The van der Waals surface area contributed by atoms with Crippen LogP contribution in [-0.4, -0.2) is 97.5 Å². The zero-order valence-electron chi connectivity index (χ0n) is 20.4. The minimum atomic E-state index is -2.99. The first-order chi connectivity index (χ1) is 17.5. The van der Waals surface area contributed by atoms with Crippen molar-refractivity contribution in [2.24, 2.45) is 13.5 Å². The van der Waals surface area contributed by atoms with Gasteiger partial charge in [-0.25, -0.2) is 18.7 Å². The van der Waals surface area contributed by atoms with Gasteiger partial charge in [0, 0.05) is 52.4 Å². The summed E-state index contributed by atoms with van der Waals surface area (Å²) in [6.45, 7) is 9.24. The van der Waals surface area contributed by atoms with Gasteiger partial charge in [0.05, 0.1) is 26.4 Å². The fraction of sp³-hybridized carbons (Fsp3) is 0.636. The summed E-state index contributed by atoms with van der Waals surface area (Å²) >= 11 is 14.3. The molecule has 4 aliphatic heterocycles. The van der Waals surface area contributed by atoms with Crippen LogP contribution in [0.5, 0.6) is 0 Å². The van der Waals surface area contributed by atoms with Gasteiger partial charge in [0.15, 0.2) is 0 Å². The Kier molecular flexibility index (Phi) is 7.92. The van der Waals surface area contributed by atoms with Crippen LogP contribution in [0, 0.1) is 0 Å². The smallest absolute Gasteiger partial charge is 0.257 e. The molecule has 0 radical (unpaired) electrons. The summed E-state index contributed by atoms with van der Waals surface area (Å²) in [4.78, 5) is 0. The molecule has 0 bridgehead atoms. The molecule has 3 fully saturated rings. The number of ether oxygens (including phenoxy) is 2. The number of morpholine rings is 2. The number of nitrogens with zero attached hydrogens (tertiary/aromatic N) is 7. The van der Waals surface area contributed by atoms with Crippen molar-refractivity contribution in [1.82, 2.24) is 18.7 Å². The fourth-order valence-corrected chi connectivity index (χ4v) is 20.9. The van der Waals surface area contributed by atoms with Gasteiger partial charge in [-0.05, 0) is 35.3 Å². The van der Waals surface area contributed by atoms with Crippen molar-refractivity contribution in [3.8, 4) is 0 Å². The maximum Gasteiger partial charge on any atom is 0.257 e. The van der Waals surface area contributed by atoms with Crippen molar-refractivity contribution in [2.45, 2.75) is 12.8 Å². The summed E-state index contributed by atoms with van der Waals surface area (Å²) in [6.07, 6.45) is 15.1. The van der Waals surface area contributed by atoms with Crippen LogP contribution in [0.15, 0.2) is 61.1 Å². The van der Waals surface area contributed by atoms with Crippen LogP contribution < -0.4 is 0 Å². The summed E-state index contributed by atoms with van der Waals surface area (Å²) in [5.41, 5.74) is 2.78. The van der Waals surface area contributed by atoms with Crippen LogP contribution in [0.3, 0.4) is 0 Å². The Morgan fingerprint density at radius 2 is 1.17 bits per heavy atom. The molecule has 9 nitrogen and oxygen atoms in total. The second-order valence-electron chi connectivity index (χ2n) is 9.62. The highest BCUT2D eigenvalue weighted by molar-refractivity contribution is 8.13. The second-order valence-corrected chi connectivity index (χ2v) is 20.4. The molecular weight excluding hydrogens is 558 g/mol. The summed E-state index contributed by atoms with van der Waals surface area (Å²) in [7, 11) is -5.18. The van der Waals surface area contributed by atoms with Gasteiger partial charge in [0.1, 0.15) is 0 Å². The van der Waals surface area contributed by atoms with Gasteiger partial charge in [-0.2, -0.15) is 13.5 Å². The van der Waals surface area contributed by atoms with Crippen molar-refractivity contribution in [3.63, 3.8) is 0 Å². The zero-order valence-corrected chi connectivity index (χ0v) is 24.6. The Labute approximate surface area is 223 Å². The number of hydrogen-bond donors (Lipinski definition) is 0. The van der Waals surface area contributed by atoms with E-state index in [1.165, 1.54) is 11.1 Å². The summed E-state index contributed by atoms with van der Waals surface area (Å²) < 4.78 is 37.7. The Bertz CT molecular complexity index is 1100. The molecule has 4 heterocycles. The Morgan fingerprint density at radius 3 is 1.61 bits per heavy atom. The van der Waals surface area contributed by atoms with Gasteiger partial charge >= 0.3 is 0 Å². The Balaban J connectivity index is 1.51. The number of hydrogen-bond acceptors (Lipinski definition) is 9. The topological polar surface area (TPSA) is 68.5 Å². The third-order valence-corrected chi connectivity index (χ3v) is 19.8. The van der Waals surface area contributed by atoms with E-state index in [1.807, 2.05) is 0 Å². The molecule has 14 heteroatoms. The summed E-state index contributed by atoms with van der Waals surface area (Å²) in [5, 5.41) is 0. The van der Waals surface area contributed by atoms with Gasteiger partial charge < -0.3 is 9.47 Å². The average Bonchev–Trinajstić information content (AvgIpc) is 3.65. The van der Waals surface area contributed by atoms with Crippen LogP contribution in [0.2, 0.25) is 0 Å². The number of halogens is 2. The monoisotopic (exact) mass is 591 g/mol. The molecule has 0 aromatic rings. The standard InChI is InChI=1S/C22H34Cl2N7O2P3/c23-34(24)25-35(28-11-15-32-16-12-28,29-13-17-33-18-14-29)27-36(26-34)30(19-21-5-1-2-6-21)9-10-31(36)20-22-7-3-4-8-22/h1-5,7H,6,8-20H2. The van der Waals surface area contributed by atoms with Crippen LogP contribution >= 0.6 is 43.4 Å². The molecule has 0 amide bonds. The fourth-order valence-electron chi connectivity index (χ4n) is 5.49. The van der Waals surface area contributed by atoms with Crippen molar-refractivity contribution < 1.29 is 9.47 Å². The van der Waals surface area contributed by atoms with Gasteiger partial charge in [0.2, 0.25) is 15.0 Å². The predicted octanol–water partition coefficient (Wildman–Crippen LogP) is 6.37. The minimum Gasteiger partial charge on any atom is -0.379 e. The second kappa shape index (κ2) is 10.9. The molecule has 0 atom stereocenters. The van der Waals surface area contributed by atoms with Crippen molar-refractivity contribution in [1.29, 1.82) is 0 Å². The van der Waals surface area contributed by atoms with Crippen molar-refractivity contribution in [3.05, 3.63) is 47.6 Å². The highest BCUT2D eigenvalue weighted by Gasteiger charge is 2.50. The largest absolute Gasteiger partial charge is 0.379 e. The minimum absolute atomic E-state index is 0.667. The van der Waals surface area contributed by atoms with E-state index in [1.54, 1.807) is 0 Å². The summed E-state index contributed by atoms with van der Waals surface area (Å²) in [6, 6.07) is 0. The predicted molar refractivity (Wildman–Crippen MR) is 151 cm³/mol. The summed E-state index contributed by atoms with van der Waals surface area (Å²) in [5.74, 6) is -2.99.